The molecule has 1 aromatic heterocycles. The molecule has 1 aromatic carbocycles. The van der Waals surface area contributed by atoms with Crippen molar-refractivity contribution in [2.75, 3.05) is 52.9 Å². The lowest BCUT2D eigenvalue weighted by Crippen LogP contribution is -2.49. The summed E-state index contributed by atoms with van der Waals surface area (Å²) in [6.45, 7) is 4.76. The van der Waals surface area contributed by atoms with Crippen molar-refractivity contribution in [1.82, 2.24) is 14.8 Å². The number of carbonyl (C=O) groups is 3. The van der Waals surface area contributed by atoms with Crippen LogP contribution in [0.5, 0.6) is 5.75 Å². The van der Waals surface area contributed by atoms with E-state index >= 15 is 0 Å². The lowest BCUT2D eigenvalue weighted by Gasteiger charge is -2.36. The Bertz CT molecular complexity index is 1080. The van der Waals surface area contributed by atoms with E-state index in [0.717, 1.165) is 5.56 Å². The Labute approximate surface area is 217 Å². The van der Waals surface area contributed by atoms with Crippen molar-refractivity contribution in [3.8, 4) is 5.75 Å². The number of aromatic nitrogens is 1. The van der Waals surface area contributed by atoms with Crippen LogP contribution in [-0.4, -0.2) is 92.2 Å². The van der Waals surface area contributed by atoms with Crippen LogP contribution in [0.15, 0.2) is 42.7 Å². The van der Waals surface area contributed by atoms with Crippen LogP contribution in [-0.2, 0) is 25.5 Å². The SMILES string of the molecule is COCC(=O)Nc1ccc2c(c1)OC[C@H](C)N(C(=O)Cc1cccnc1)C[C@@H](C)[C@H](OC)CN(C)C2=O. The average Bonchev–Trinajstić information content (AvgIpc) is 2.88. The Hall–Kier alpha value is -3.50. The molecule has 0 unspecified atom stereocenters. The lowest BCUT2D eigenvalue weighted by molar-refractivity contribution is -0.134. The first-order valence-electron chi connectivity index (χ1n) is 12.3. The largest absolute Gasteiger partial charge is 0.491 e. The van der Waals surface area contributed by atoms with Gasteiger partial charge in [-0.2, -0.15) is 0 Å². The molecule has 2 aromatic rings. The zero-order valence-corrected chi connectivity index (χ0v) is 22.1. The van der Waals surface area contributed by atoms with Gasteiger partial charge in [-0.15, -0.1) is 0 Å². The van der Waals surface area contributed by atoms with Crippen LogP contribution in [0.25, 0.3) is 0 Å². The molecule has 10 heteroatoms. The van der Waals surface area contributed by atoms with Gasteiger partial charge < -0.3 is 29.3 Å². The van der Waals surface area contributed by atoms with Crippen LogP contribution in [0.1, 0.15) is 29.8 Å². The topological polar surface area (TPSA) is 110 Å². The number of methoxy groups -OCH3 is 2. The number of amides is 3. The summed E-state index contributed by atoms with van der Waals surface area (Å²) in [5, 5.41) is 2.73. The van der Waals surface area contributed by atoms with Gasteiger partial charge in [0.25, 0.3) is 5.91 Å². The fourth-order valence-corrected chi connectivity index (χ4v) is 4.30. The first-order chi connectivity index (χ1) is 17.7. The van der Waals surface area contributed by atoms with Crippen molar-refractivity contribution in [3.63, 3.8) is 0 Å². The maximum Gasteiger partial charge on any atom is 0.257 e. The average molecular weight is 513 g/mol. The zero-order valence-electron chi connectivity index (χ0n) is 22.1. The first-order valence-corrected chi connectivity index (χ1v) is 12.3. The molecule has 0 aliphatic carbocycles. The quantitative estimate of drug-likeness (QED) is 0.632. The molecule has 1 aliphatic rings. The van der Waals surface area contributed by atoms with E-state index in [9.17, 15) is 14.4 Å². The van der Waals surface area contributed by atoms with Crippen molar-refractivity contribution in [1.29, 1.82) is 0 Å². The van der Waals surface area contributed by atoms with Gasteiger partial charge in [-0.25, -0.2) is 0 Å². The number of carbonyl (C=O) groups excluding carboxylic acids is 3. The van der Waals surface area contributed by atoms with E-state index in [4.69, 9.17) is 14.2 Å². The minimum atomic E-state index is -0.323. The van der Waals surface area contributed by atoms with Gasteiger partial charge in [-0.3, -0.25) is 19.4 Å². The summed E-state index contributed by atoms with van der Waals surface area (Å²) in [6.07, 6.45) is 3.29. The Morgan fingerprint density at radius 2 is 1.97 bits per heavy atom. The van der Waals surface area contributed by atoms with Gasteiger partial charge in [0.1, 0.15) is 19.0 Å². The Morgan fingerprint density at radius 1 is 1.19 bits per heavy atom. The predicted octanol–water partition coefficient (Wildman–Crippen LogP) is 2.24. The van der Waals surface area contributed by atoms with E-state index in [2.05, 4.69) is 10.3 Å². The number of nitrogens with one attached hydrogen (secondary N) is 1. The summed E-state index contributed by atoms with van der Waals surface area (Å²) in [7, 11) is 4.76. The number of ether oxygens (including phenoxy) is 3. The summed E-state index contributed by atoms with van der Waals surface area (Å²) in [6, 6.07) is 8.28. The monoisotopic (exact) mass is 512 g/mol. The van der Waals surface area contributed by atoms with Gasteiger partial charge in [0.05, 0.1) is 24.1 Å². The summed E-state index contributed by atoms with van der Waals surface area (Å²) >= 11 is 0. The van der Waals surface area contributed by atoms with Crippen LogP contribution in [0, 0.1) is 5.92 Å². The molecule has 0 bridgehead atoms. The summed E-state index contributed by atoms with van der Waals surface area (Å²) in [4.78, 5) is 46.3. The van der Waals surface area contributed by atoms with Gasteiger partial charge in [0, 0.05) is 64.4 Å². The van der Waals surface area contributed by atoms with E-state index in [1.165, 1.54) is 7.11 Å². The number of benzene rings is 1. The molecule has 2 heterocycles. The molecule has 37 heavy (non-hydrogen) atoms. The van der Waals surface area contributed by atoms with Crippen molar-refractivity contribution in [3.05, 3.63) is 53.9 Å². The second kappa shape index (κ2) is 13.2. The maximum atomic E-state index is 13.4. The highest BCUT2D eigenvalue weighted by Crippen LogP contribution is 2.27. The molecule has 10 nitrogen and oxygen atoms in total. The Morgan fingerprint density at radius 3 is 2.65 bits per heavy atom. The highest BCUT2D eigenvalue weighted by molar-refractivity contribution is 5.98. The van der Waals surface area contributed by atoms with Crippen molar-refractivity contribution >= 4 is 23.4 Å². The molecule has 0 fully saturated rings. The lowest BCUT2D eigenvalue weighted by atomic mass is 10.0. The van der Waals surface area contributed by atoms with Crippen LogP contribution in [0.4, 0.5) is 5.69 Å². The number of anilines is 1. The Kier molecular flexibility index (Phi) is 9.99. The fourth-order valence-electron chi connectivity index (χ4n) is 4.30. The molecule has 1 aliphatic heterocycles. The molecule has 1 N–H and O–H groups in total. The van der Waals surface area contributed by atoms with Gasteiger partial charge in [-0.1, -0.05) is 13.0 Å². The summed E-state index contributed by atoms with van der Waals surface area (Å²) < 4.78 is 16.7. The van der Waals surface area contributed by atoms with Gasteiger partial charge in [-0.05, 0) is 30.7 Å². The number of hydrogen-bond acceptors (Lipinski definition) is 7. The molecule has 0 saturated heterocycles. The third-order valence-corrected chi connectivity index (χ3v) is 6.40. The predicted molar refractivity (Wildman–Crippen MR) is 138 cm³/mol. The number of pyridine rings is 1. The molecule has 3 amide bonds. The number of rotatable bonds is 6. The van der Waals surface area contributed by atoms with Crippen molar-refractivity contribution in [2.45, 2.75) is 32.4 Å². The van der Waals surface area contributed by atoms with Crippen LogP contribution in [0.3, 0.4) is 0 Å². The molecule has 0 radical (unpaired) electrons. The van der Waals surface area contributed by atoms with Gasteiger partial charge in [0.2, 0.25) is 11.8 Å². The fraction of sp³-hybridized carbons (Fsp3) is 0.481. The molecule has 0 saturated carbocycles. The smallest absolute Gasteiger partial charge is 0.257 e. The molecular formula is C27H36N4O6. The van der Waals surface area contributed by atoms with E-state index in [1.807, 2.05) is 26.0 Å². The molecule has 3 rings (SSSR count). The molecular weight excluding hydrogens is 476 g/mol. The van der Waals surface area contributed by atoms with Crippen LogP contribution >= 0.6 is 0 Å². The third kappa shape index (κ3) is 7.50. The molecule has 0 spiro atoms. The number of likely N-dealkylation sites (N-methyl/N-ethyl adjacent to an activating group) is 1. The maximum absolute atomic E-state index is 13.4. The summed E-state index contributed by atoms with van der Waals surface area (Å²) in [5.74, 6) is -0.319. The normalized spacial score (nSPS) is 20.8. The van der Waals surface area contributed by atoms with Crippen LogP contribution < -0.4 is 10.1 Å². The standard InChI is InChI=1S/C27H36N4O6/c1-18-14-31(26(33)11-20-7-6-10-28-13-20)19(2)16-37-23-12-21(29-25(32)17-35-4)8-9-22(23)27(34)30(3)15-24(18)36-5/h6-10,12-13,18-19,24H,11,14-17H2,1-5H3,(H,29,32)/t18-,19+,24-/m1/s1. The van der Waals surface area contributed by atoms with E-state index < -0.39 is 0 Å². The molecule has 200 valence electrons. The number of fused-ring (bicyclic) bond motifs is 1. The first kappa shape index (κ1) is 28.1. The van der Waals surface area contributed by atoms with Crippen LogP contribution in [0.2, 0.25) is 0 Å². The second-order valence-corrected chi connectivity index (χ2v) is 9.37. The van der Waals surface area contributed by atoms with Gasteiger partial charge in [0.15, 0.2) is 0 Å². The Balaban J connectivity index is 1.93. The highest BCUT2D eigenvalue weighted by atomic mass is 16.5. The van der Waals surface area contributed by atoms with Gasteiger partial charge >= 0.3 is 0 Å². The minimum Gasteiger partial charge on any atom is -0.491 e. The van der Waals surface area contributed by atoms with Crippen molar-refractivity contribution in [2.24, 2.45) is 5.92 Å². The second-order valence-electron chi connectivity index (χ2n) is 9.37. The van der Waals surface area contributed by atoms with E-state index in [0.29, 0.717) is 30.1 Å². The van der Waals surface area contributed by atoms with E-state index in [-0.39, 0.29) is 55.4 Å². The van der Waals surface area contributed by atoms with Crippen molar-refractivity contribution < 1.29 is 28.6 Å². The molecule has 3 atom stereocenters. The number of hydrogen-bond donors (Lipinski definition) is 1. The van der Waals surface area contributed by atoms with E-state index in [1.54, 1.807) is 54.6 Å². The highest BCUT2D eigenvalue weighted by Gasteiger charge is 2.30. The third-order valence-electron chi connectivity index (χ3n) is 6.40. The minimum absolute atomic E-state index is 0.0437. The zero-order chi connectivity index (χ0) is 26.9. The number of nitrogens with zero attached hydrogens (tertiary/aromatic N) is 3. The summed E-state index contributed by atoms with van der Waals surface area (Å²) in [5.41, 5.74) is 1.66.